The van der Waals surface area contributed by atoms with Gasteiger partial charge in [-0.05, 0) is 36.1 Å². The van der Waals surface area contributed by atoms with Crippen molar-refractivity contribution in [1.29, 1.82) is 0 Å². The molecule has 1 N–H and O–H groups in total. The van der Waals surface area contributed by atoms with E-state index < -0.39 is 17.6 Å². The molecular weight excluding hydrogens is 282 g/mol. The highest BCUT2D eigenvalue weighted by Crippen LogP contribution is 2.37. The summed E-state index contributed by atoms with van der Waals surface area (Å²) in [5.74, 6) is -1.24. The van der Waals surface area contributed by atoms with Gasteiger partial charge in [-0.1, -0.05) is 24.3 Å². The Labute approximate surface area is 119 Å². The van der Waals surface area contributed by atoms with Crippen LogP contribution in [0, 0.1) is 5.82 Å². The molecule has 1 nitrogen and oxygen atoms in total. The van der Waals surface area contributed by atoms with Crippen molar-refractivity contribution >= 4 is 5.69 Å². The Kier molecular flexibility index (Phi) is 3.35. The fourth-order valence-corrected chi connectivity index (χ4v) is 2.66. The molecule has 0 saturated heterocycles. The van der Waals surface area contributed by atoms with Crippen molar-refractivity contribution in [2.24, 2.45) is 0 Å². The summed E-state index contributed by atoms with van der Waals surface area (Å²) in [6.45, 7) is 0.813. The minimum Gasteiger partial charge on any atom is -0.384 e. The first-order chi connectivity index (χ1) is 9.97. The first-order valence-electron chi connectivity index (χ1n) is 6.70. The van der Waals surface area contributed by atoms with Gasteiger partial charge in [0.1, 0.15) is 5.82 Å². The van der Waals surface area contributed by atoms with Crippen molar-refractivity contribution < 1.29 is 17.6 Å². The molecule has 1 aliphatic rings. The Hall–Kier alpha value is -2.04. The first-order valence-corrected chi connectivity index (χ1v) is 6.70. The van der Waals surface area contributed by atoms with Crippen LogP contribution in [0.2, 0.25) is 0 Å². The maximum absolute atomic E-state index is 13.7. The van der Waals surface area contributed by atoms with Gasteiger partial charge in [0.15, 0.2) is 0 Å². The Bertz CT molecular complexity index is 676. The molecule has 2 aromatic rings. The van der Waals surface area contributed by atoms with Gasteiger partial charge in [0.25, 0.3) is 0 Å². The van der Waals surface area contributed by atoms with Gasteiger partial charge in [-0.2, -0.15) is 13.2 Å². The number of anilines is 1. The van der Waals surface area contributed by atoms with Crippen molar-refractivity contribution in [3.05, 3.63) is 53.3 Å². The van der Waals surface area contributed by atoms with Gasteiger partial charge in [-0.3, -0.25) is 0 Å². The Morgan fingerprint density at radius 1 is 1.05 bits per heavy atom. The molecule has 1 heterocycles. The topological polar surface area (TPSA) is 12.0 Å². The van der Waals surface area contributed by atoms with Crippen LogP contribution in [0.1, 0.15) is 17.5 Å². The number of hydrogen-bond acceptors (Lipinski definition) is 1. The Morgan fingerprint density at radius 3 is 2.57 bits per heavy atom. The van der Waals surface area contributed by atoms with E-state index >= 15 is 0 Å². The SMILES string of the molecule is Fc1cc(-c2cccc3c2NCCC3)ccc1C(F)(F)F. The zero-order valence-electron chi connectivity index (χ0n) is 11.1. The minimum atomic E-state index is -4.67. The van der Waals surface area contributed by atoms with E-state index in [2.05, 4.69) is 5.32 Å². The van der Waals surface area contributed by atoms with Crippen LogP contribution in [0.4, 0.5) is 23.2 Å². The predicted octanol–water partition coefficient (Wildman–Crippen LogP) is 4.87. The zero-order chi connectivity index (χ0) is 15.0. The van der Waals surface area contributed by atoms with Crippen LogP contribution in [-0.2, 0) is 12.6 Å². The third-order valence-electron chi connectivity index (χ3n) is 3.66. The fourth-order valence-electron chi connectivity index (χ4n) is 2.66. The number of nitrogens with one attached hydrogen (secondary N) is 1. The average molecular weight is 295 g/mol. The van der Waals surface area contributed by atoms with E-state index in [4.69, 9.17) is 0 Å². The quantitative estimate of drug-likeness (QED) is 0.740. The van der Waals surface area contributed by atoms with Crippen LogP contribution in [0.15, 0.2) is 36.4 Å². The number of alkyl halides is 3. The molecule has 0 bridgehead atoms. The molecule has 3 rings (SSSR count). The fraction of sp³-hybridized carbons (Fsp3) is 0.250. The third kappa shape index (κ3) is 2.60. The van der Waals surface area contributed by atoms with Gasteiger partial charge >= 0.3 is 6.18 Å². The molecule has 0 radical (unpaired) electrons. The average Bonchev–Trinajstić information content (AvgIpc) is 2.45. The summed E-state index contributed by atoms with van der Waals surface area (Å²) in [4.78, 5) is 0. The van der Waals surface area contributed by atoms with Crippen molar-refractivity contribution in [2.45, 2.75) is 19.0 Å². The van der Waals surface area contributed by atoms with E-state index in [9.17, 15) is 17.6 Å². The highest BCUT2D eigenvalue weighted by molar-refractivity contribution is 5.81. The van der Waals surface area contributed by atoms with E-state index in [0.717, 1.165) is 48.3 Å². The molecule has 110 valence electrons. The van der Waals surface area contributed by atoms with Crippen LogP contribution in [0.5, 0.6) is 0 Å². The molecule has 2 aromatic carbocycles. The number of rotatable bonds is 1. The lowest BCUT2D eigenvalue weighted by atomic mass is 9.94. The lowest BCUT2D eigenvalue weighted by Gasteiger charge is -2.21. The standard InChI is InChI=1S/C16H13F4N/c17-14-9-11(6-7-13(14)16(18,19)20)12-5-1-3-10-4-2-8-21-15(10)12/h1,3,5-7,9,21H,2,4,8H2. The van der Waals surface area contributed by atoms with Crippen LogP contribution in [0.25, 0.3) is 11.1 Å². The molecule has 21 heavy (non-hydrogen) atoms. The van der Waals surface area contributed by atoms with Crippen molar-refractivity contribution in [3.8, 4) is 11.1 Å². The summed E-state index contributed by atoms with van der Waals surface area (Å²) in [6.07, 6.45) is -2.74. The molecule has 0 amide bonds. The van der Waals surface area contributed by atoms with E-state index in [-0.39, 0.29) is 0 Å². The number of para-hydroxylation sites is 1. The van der Waals surface area contributed by atoms with Gasteiger partial charge < -0.3 is 5.32 Å². The van der Waals surface area contributed by atoms with Gasteiger partial charge in [0, 0.05) is 17.8 Å². The normalized spacial score (nSPS) is 14.5. The lowest BCUT2D eigenvalue weighted by molar-refractivity contribution is -0.139. The van der Waals surface area contributed by atoms with Crippen molar-refractivity contribution in [3.63, 3.8) is 0 Å². The molecule has 0 spiro atoms. The lowest BCUT2D eigenvalue weighted by Crippen LogP contribution is -2.12. The Balaban J connectivity index is 2.08. The minimum absolute atomic E-state index is 0.451. The maximum Gasteiger partial charge on any atom is 0.419 e. The molecule has 0 saturated carbocycles. The molecule has 0 atom stereocenters. The second kappa shape index (κ2) is 5.06. The third-order valence-corrected chi connectivity index (χ3v) is 3.66. The number of halogens is 4. The van der Waals surface area contributed by atoms with Gasteiger partial charge in [-0.15, -0.1) is 0 Å². The van der Waals surface area contributed by atoms with Crippen molar-refractivity contribution in [1.82, 2.24) is 0 Å². The summed E-state index contributed by atoms with van der Waals surface area (Å²) in [5.41, 5.74) is 1.96. The molecule has 0 aromatic heterocycles. The van der Waals surface area contributed by atoms with E-state index in [1.54, 1.807) is 6.07 Å². The summed E-state index contributed by atoms with van der Waals surface area (Å²) in [5, 5.41) is 3.25. The summed E-state index contributed by atoms with van der Waals surface area (Å²) in [6, 6.07) is 8.68. The molecule has 0 unspecified atom stereocenters. The zero-order valence-corrected chi connectivity index (χ0v) is 11.1. The highest BCUT2D eigenvalue weighted by Gasteiger charge is 2.34. The van der Waals surface area contributed by atoms with Crippen LogP contribution >= 0.6 is 0 Å². The second-order valence-corrected chi connectivity index (χ2v) is 5.06. The number of fused-ring (bicyclic) bond motifs is 1. The van der Waals surface area contributed by atoms with Crippen LogP contribution < -0.4 is 5.32 Å². The molecule has 0 aliphatic carbocycles. The maximum atomic E-state index is 13.7. The van der Waals surface area contributed by atoms with Gasteiger partial charge in [0.2, 0.25) is 0 Å². The largest absolute Gasteiger partial charge is 0.419 e. The number of benzene rings is 2. The van der Waals surface area contributed by atoms with E-state index in [1.807, 2.05) is 12.1 Å². The molecule has 5 heteroatoms. The smallest absolute Gasteiger partial charge is 0.384 e. The van der Waals surface area contributed by atoms with E-state index in [1.165, 1.54) is 6.07 Å². The summed E-state index contributed by atoms with van der Waals surface area (Å²) < 4.78 is 51.5. The Morgan fingerprint density at radius 2 is 1.86 bits per heavy atom. The number of aryl methyl sites for hydroxylation is 1. The highest BCUT2D eigenvalue weighted by atomic mass is 19.4. The van der Waals surface area contributed by atoms with Crippen LogP contribution in [0.3, 0.4) is 0 Å². The predicted molar refractivity (Wildman–Crippen MR) is 73.6 cm³/mol. The number of hydrogen-bond donors (Lipinski definition) is 1. The van der Waals surface area contributed by atoms with Gasteiger partial charge in [-0.25, -0.2) is 4.39 Å². The second-order valence-electron chi connectivity index (χ2n) is 5.06. The first kappa shape index (κ1) is 13.9. The van der Waals surface area contributed by atoms with Crippen LogP contribution in [-0.4, -0.2) is 6.54 Å². The van der Waals surface area contributed by atoms with Gasteiger partial charge in [0.05, 0.1) is 5.56 Å². The van der Waals surface area contributed by atoms with E-state index in [0.29, 0.717) is 5.56 Å². The summed E-state index contributed by atoms with van der Waals surface area (Å²) in [7, 11) is 0. The molecular formula is C16H13F4N. The molecule has 1 aliphatic heterocycles. The molecule has 0 fully saturated rings. The summed E-state index contributed by atoms with van der Waals surface area (Å²) >= 11 is 0. The monoisotopic (exact) mass is 295 g/mol. The van der Waals surface area contributed by atoms with Crippen molar-refractivity contribution in [2.75, 3.05) is 11.9 Å².